The van der Waals surface area contributed by atoms with Crippen molar-refractivity contribution in [1.29, 1.82) is 0 Å². The Morgan fingerprint density at radius 1 is 0.276 bits per heavy atom. The molecule has 270 valence electrons. The second-order valence-electron chi connectivity index (χ2n) is 14.7. The molecular formula is C53H31N3O2. The van der Waals surface area contributed by atoms with E-state index in [2.05, 4.69) is 127 Å². The maximum atomic E-state index is 6.48. The third-order valence-corrected chi connectivity index (χ3v) is 11.3. The number of aromatic nitrogens is 3. The van der Waals surface area contributed by atoms with Crippen molar-refractivity contribution in [2.75, 3.05) is 0 Å². The first kappa shape index (κ1) is 32.4. The molecule has 0 aliphatic rings. The van der Waals surface area contributed by atoms with Crippen LogP contribution in [0.15, 0.2) is 197 Å². The first-order chi connectivity index (χ1) is 28.7. The van der Waals surface area contributed by atoms with Crippen molar-refractivity contribution >= 4 is 65.4 Å². The number of hydrogen-bond acceptors (Lipinski definition) is 5. The van der Waals surface area contributed by atoms with Crippen LogP contribution in [0.2, 0.25) is 0 Å². The lowest BCUT2D eigenvalue weighted by atomic mass is 9.92. The third kappa shape index (κ3) is 5.21. The summed E-state index contributed by atoms with van der Waals surface area (Å²) in [4.78, 5) is 15.1. The summed E-state index contributed by atoms with van der Waals surface area (Å²) in [6.45, 7) is 0. The van der Waals surface area contributed by atoms with Gasteiger partial charge in [0.2, 0.25) is 0 Å². The topological polar surface area (TPSA) is 65.0 Å². The fourth-order valence-electron chi connectivity index (χ4n) is 8.54. The van der Waals surface area contributed by atoms with Gasteiger partial charge in [0.05, 0.1) is 0 Å². The SMILES string of the molecule is c1ccc(-c2nc(-c3ccc(-c4cccc5oc6ccc(-c7cc8ccccc8c8ccccc78)cc6c45)cc3)nc(-c3ccc4oc5ccccc5c4c3)n2)cc1. The minimum Gasteiger partial charge on any atom is -0.456 e. The molecule has 0 fully saturated rings. The molecule has 9 aromatic carbocycles. The minimum absolute atomic E-state index is 0.602. The molecule has 12 aromatic rings. The van der Waals surface area contributed by atoms with Crippen LogP contribution < -0.4 is 0 Å². The zero-order valence-electron chi connectivity index (χ0n) is 31.1. The summed E-state index contributed by atoms with van der Waals surface area (Å²) >= 11 is 0. The summed E-state index contributed by atoms with van der Waals surface area (Å²) in [6, 6.07) is 65.3. The van der Waals surface area contributed by atoms with E-state index in [0.29, 0.717) is 17.5 Å². The molecular weight excluding hydrogens is 711 g/mol. The molecule has 58 heavy (non-hydrogen) atoms. The van der Waals surface area contributed by atoms with Gasteiger partial charge in [-0.05, 0) is 92.3 Å². The van der Waals surface area contributed by atoms with E-state index in [1.54, 1.807) is 0 Å². The van der Waals surface area contributed by atoms with Crippen molar-refractivity contribution in [3.05, 3.63) is 188 Å². The van der Waals surface area contributed by atoms with Crippen LogP contribution in [0.3, 0.4) is 0 Å². The van der Waals surface area contributed by atoms with Crippen molar-refractivity contribution in [1.82, 2.24) is 15.0 Å². The summed E-state index contributed by atoms with van der Waals surface area (Å²) < 4.78 is 12.6. The molecule has 5 heteroatoms. The van der Waals surface area contributed by atoms with Gasteiger partial charge in [-0.3, -0.25) is 0 Å². The monoisotopic (exact) mass is 741 g/mol. The number of benzene rings is 9. The Balaban J connectivity index is 0.971. The van der Waals surface area contributed by atoms with Gasteiger partial charge in [0, 0.05) is 38.2 Å². The summed E-state index contributed by atoms with van der Waals surface area (Å²) in [5.74, 6) is 1.82. The molecule has 0 amide bonds. The predicted octanol–water partition coefficient (Wildman–Crippen LogP) is 14.3. The van der Waals surface area contributed by atoms with Crippen LogP contribution in [-0.4, -0.2) is 15.0 Å². The number of nitrogens with zero attached hydrogens (tertiary/aromatic N) is 3. The van der Waals surface area contributed by atoms with Gasteiger partial charge in [0.15, 0.2) is 17.5 Å². The highest BCUT2D eigenvalue weighted by atomic mass is 16.3. The largest absolute Gasteiger partial charge is 0.456 e. The molecule has 0 atom stereocenters. The van der Waals surface area contributed by atoms with Crippen LogP contribution in [-0.2, 0) is 0 Å². The van der Waals surface area contributed by atoms with Crippen LogP contribution in [0.1, 0.15) is 0 Å². The van der Waals surface area contributed by atoms with Crippen molar-refractivity contribution in [2.24, 2.45) is 0 Å². The normalized spacial score (nSPS) is 11.8. The molecule has 3 heterocycles. The number of fused-ring (bicyclic) bond motifs is 9. The lowest BCUT2D eigenvalue weighted by Gasteiger charge is -2.11. The maximum absolute atomic E-state index is 6.48. The number of furan rings is 2. The van der Waals surface area contributed by atoms with E-state index in [4.69, 9.17) is 23.8 Å². The van der Waals surface area contributed by atoms with Crippen molar-refractivity contribution in [3.8, 4) is 56.4 Å². The first-order valence-corrected chi connectivity index (χ1v) is 19.4. The molecule has 0 saturated carbocycles. The zero-order chi connectivity index (χ0) is 38.2. The molecule has 5 nitrogen and oxygen atoms in total. The fraction of sp³-hybridized carbons (Fsp3) is 0. The van der Waals surface area contributed by atoms with E-state index < -0.39 is 0 Å². The van der Waals surface area contributed by atoms with Gasteiger partial charge in [-0.25, -0.2) is 15.0 Å². The standard InChI is InChI=1S/C53H31N3O2/c1-2-11-33(12-3-1)51-54-52(56-53(55-51)37-26-28-47-44(31-37)42-17-8-9-19-46(42)57-47)34-23-21-32(22-24-34)39-18-10-20-49-50(39)45-30-36(25-27-48(45)58-49)43-29-35-13-4-5-14-38(35)40-15-6-7-16-41(40)43/h1-31H. The molecule has 0 saturated heterocycles. The first-order valence-electron chi connectivity index (χ1n) is 19.4. The molecule has 0 aliphatic carbocycles. The van der Waals surface area contributed by atoms with Crippen LogP contribution in [0.4, 0.5) is 0 Å². The summed E-state index contributed by atoms with van der Waals surface area (Å²) in [5, 5.41) is 9.23. The highest BCUT2D eigenvalue weighted by Crippen LogP contribution is 2.41. The lowest BCUT2D eigenvalue weighted by molar-refractivity contribution is 0.668. The molecule has 0 unspecified atom stereocenters. The Kier molecular flexibility index (Phi) is 7.16. The average molecular weight is 742 g/mol. The van der Waals surface area contributed by atoms with Gasteiger partial charge in [-0.1, -0.05) is 140 Å². The van der Waals surface area contributed by atoms with Crippen LogP contribution in [0.25, 0.3) is 122 Å². The van der Waals surface area contributed by atoms with Gasteiger partial charge >= 0.3 is 0 Å². The van der Waals surface area contributed by atoms with Gasteiger partial charge < -0.3 is 8.83 Å². The quantitative estimate of drug-likeness (QED) is 0.164. The highest BCUT2D eigenvalue weighted by molar-refractivity contribution is 6.17. The fourth-order valence-corrected chi connectivity index (χ4v) is 8.54. The molecule has 0 radical (unpaired) electrons. The van der Waals surface area contributed by atoms with Gasteiger partial charge in [0.25, 0.3) is 0 Å². The molecule has 0 N–H and O–H groups in total. The predicted molar refractivity (Wildman–Crippen MR) is 237 cm³/mol. The van der Waals surface area contributed by atoms with Crippen molar-refractivity contribution in [3.63, 3.8) is 0 Å². The van der Waals surface area contributed by atoms with E-state index in [-0.39, 0.29) is 0 Å². The summed E-state index contributed by atoms with van der Waals surface area (Å²) in [7, 11) is 0. The number of para-hydroxylation sites is 1. The number of hydrogen-bond donors (Lipinski definition) is 0. The average Bonchev–Trinajstić information content (AvgIpc) is 3.87. The van der Waals surface area contributed by atoms with Crippen LogP contribution in [0.5, 0.6) is 0 Å². The van der Waals surface area contributed by atoms with E-state index in [9.17, 15) is 0 Å². The third-order valence-electron chi connectivity index (χ3n) is 11.3. The van der Waals surface area contributed by atoms with Gasteiger partial charge in [-0.2, -0.15) is 0 Å². The van der Waals surface area contributed by atoms with Gasteiger partial charge in [0.1, 0.15) is 22.3 Å². The Morgan fingerprint density at radius 2 is 0.810 bits per heavy atom. The number of rotatable bonds is 5. The highest BCUT2D eigenvalue weighted by Gasteiger charge is 2.18. The molecule has 0 spiro atoms. The summed E-state index contributed by atoms with van der Waals surface area (Å²) in [5.41, 5.74) is 10.7. The smallest absolute Gasteiger partial charge is 0.164 e. The summed E-state index contributed by atoms with van der Waals surface area (Å²) in [6.07, 6.45) is 0. The maximum Gasteiger partial charge on any atom is 0.164 e. The second kappa shape index (κ2) is 12.8. The second-order valence-corrected chi connectivity index (χ2v) is 14.7. The van der Waals surface area contributed by atoms with Crippen LogP contribution in [0, 0.1) is 0 Å². The van der Waals surface area contributed by atoms with E-state index in [1.165, 1.54) is 27.1 Å². The molecule has 12 rings (SSSR count). The van der Waals surface area contributed by atoms with Crippen molar-refractivity contribution < 1.29 is 8.83 Å². The Hall–Kier alpha value is -7.89. The molecule has 0 bridgehead atoms. The van der Waals surface area contributed by atoms with Gasteiger partial charge in [-0.15, -0.1) is 0 Å². The Morgan fingerprint density at radius 3 is 1.62 bits per heavy atom. The van der Waals surface area contributed by atoms with E-state index in [1.807, 2.05) is 60.7 Å². The molecule has 0 aliphatic heterocycles. The van der Waals surface area contributed by atoms with Crippen molar-refractivity contribution in [2.45, 2.75) is 0 Å². The van der Waals surface area contributed by atoms with Crippen LogP contribution >= 0.6 is 0 Å². The van der Waals surface area contributed by atoms with E-state index in [0.717, 1.165) is 77.3 Å². The lowest BCUT2D eigenvalue weighted by Crippen LogP contribution is -2.00. The Labute approximate surface area is 332 Å². The zero-order valence-corrected chi connectivity index (χ0v) is 31.1. The minimum atomic E-state index is 0.602. The van der Waals surface area contributed by atoms with E-state index >= 15 is 0 Å². The molecule has 3 aromatic heterocycles. The Bertz CT molecular complexity index is 3570.